The molecule has 2 rings (SSSR count). The van der Waals surface area contributed by atoms with Crippen molar-refractivity contribution >= 4 is 23.4 Å². The van der Waals surface area contributed by atoms with E-state index in [1.807, 2.05) is 11.8 Å². The highest BCUT2D eigenvalue weighted by Crippen LogP contribution is 2.33. The highest BCUT2D eigenvalue weighted by atomic mass is 32.2. The number of nitrogens with two attached hydrogens (primary N) is 1. The highest BCUT2D eigenvalue weighted by Gasteiger charge is 2.29. The van der Waals surface area contributed by atoms with Gasteiger partial charge in [0, 0.05) is 29.2 Å². The number of nitrogens with zero attached hydrogens (tertiary/aromatic N) is 3. The van der Waals surface area contributed by atoms with Gasteiger partial charge in [-0.2, -0.15) is 11.8 Å². The van der Waals surface area contributed by atoms with Crippen LogP contribution < -0.4 is 10.6 Å². The second-order valence-corrected chi connectivity index (χ2v) is 6.75. The third-order valence-electron chi connectivity index (χ3n) is 3.03. The van der Waals surface area contributed by atoms with Crippen molar-refractivity contribution in [3.05, 3.63) is 11.9 Å². The van der Waals surface area contributed by atoms with Gasteiger partial charge in [0.05, 0.1) is 0 Å². The van der Waals surface area contributed by atoms with E-state index in [9.17, 15) is 0 Å². The van der Waals surface area contributed by atoms with Crippen LogP contribution in [0.5, 0.6) is 0 Å². The van der Waals surface area contributed by atoms with Crippen LogP contribution >= 0.6 is 11.8 Å². The van der Waals surface area contributed by atoms with Gasteiger partial charge < -0.3 is 10.6 Å². The monoisotopic (exact) mass is 252 g/mol. The van der Waals surface area contributed by atoms with Gasteiger partial charge >= 0.3 is 0 Å². The lowest BCUT2D eigenvalue weighted by atomic mass is 10.1. The molecule has 1 aliphatic rings. The van der Waals surface area contributed by atoms with Crippen molar-refractivity contribution in [1.82, 2.24) is 9.97 Å². The molecule has 2 N–H and O–H groups in total. The fraction of sp³-hybridized carbons (Fsp3) is 0.667. The maximum atomic E-state index is 5.92. The van der Waals surface area contributed by atoms with E-state index in [0.717, 1.165) is 36.6 Å². The molecule has 0 spiro atoms. The molecular formula is C12H20N4S. The summed E-state index contributed by atoms with van der Waals surface area (Å²) in [5.41, 5.74) is 7.00. The third kappa shape index (κ3) is 2.65. The Bertz CT molecular complexity index is 405. The predicted molar refractivity (Wildman–Crippen MR) is 74.6 cm³/mol. The summed E-state index contributed by atoms with van der Waals surface area (Å²) in [6.45, 7) is 8.71. The van der Waals surface area contributed by atoms with Crippen molar-refractivity contribution in [2.75, 3.05) is 29.5 Å². The van der Waals surface area contributed by atoms with E-state index in [1.54, 1.807) is 6.33 Å². The number of aromatic nitrogens is 2. The molecule has 1 fully saturated rings. The SMILES string of the molecule is CCc1c(N)ncnc1N1CCSC(C)(C)C1. The van der Waals surface area contributed by atoms with Gasteiger partial charge in [0.1, 0.15) is 18.0 Å². The van der Waals surface area contributed by atoms with E-state index in [2.05, 4.69) is 35.6 Å². The Morgan fingerprint density at radius 1 is 1.47 bits per heavy atom. The molecular weight excluding hydrogens is 232 g/mol. The van der Waals surface area contributed by atoms with Crippen LogP contribution in [0.2, 0.25) is 0 Å². The van der Waals surface area contributed by atoms with Crippen molar-refractivity contribution in [2.24, 2.45) is 0 Å². The standard InChI is InChI=1S/C12H20N4S/c1-4-9-10(13)14-8-15-11(9)16-5-6-17-12(2,3)7-16/h8H,4-7H2,1-3H3,(H2,13,14,15). The first-order valence-corrected chi connectivity index (χ1v) is 7.00. The van der Waals surface area contributed by atoms with Gasteiger partial charge in [-0.1, -0.05) is 6.92 Å². The molecule has 1 aromatic heterocycles. The van der Waals surface area contributed by atoms with Gasteiger partial charge in [0.25, 0.3) is 0 Å². The van der Waals surface area contributed by atoms with Gasteiger partial charge in [0.15, 0.2) is 0 Å². The van der Waals surface area contributed by atoms with Crippen LogP contribution in [0.4, 0.5) is 11.6 Å². The molecule has 17 heavy (non-hydrogen) atoms. The summed E-state index contributed by atoms with van der Waals surface area (Å²) < 4.78 is 0.281. The summed E-state index contributed by atoms with van der Waals surface area (Å²) in [7, 11) is 0. The van der Waals surface area contributed by atoms with E-state index < -0.39 is 0 Å². The molecule has 1 aromatic rings. The maximum absolute atomic E-state index is 5.92. The first-order chi connectivity index (χ1) is 8.03. The van der Waals surface area contributed by atoms with Gasteiger partial charge in [-0.3, -0.25) is 0 Å². The summed E-state index contributed by atoms with van der Waals surface area (Å²) in [5, 5.41) is 0. The van der Waals surface area contributed by atoms with E-state index >= 15 is 0 Å². The summed E-state index contributed by atoms with van der Waals surface area (Å²) in [6, 6.07) is 0. The largest absolute Gasteiger partial charge is 0.383 e. The molecule has 1 aliphatic heterocycles. The fourth-order valence-electron chi connectivity index (χ4n) is 2.23. The number of nitrogen functional groups attached to an aromatic ring is 1. The predicted octanol–water partition coefficient (Wildman–Crippen LogP) is 1.95. The van der Waals surface area contributed by atoms with Crippen LogP contribution in [-0.4, -0.2) is 33.6 Å². The van der Waals surface area contributed by atoms with Crippen LogP contribution in [0.3, 0.4) is 0 Å². The molecule has 0 unspecified atom stereocenters. The number of hydrogen-bond acceptors (Lipinski definition) is 5. The topological polar surface area (TPSA) is 55.0 Å². The lowest BCUT2D eigenvalue weighted by Crippen LogP contribution is -2.44. The van der Waals surface area contributed by atoms with E-state index in [0.29, 0.717) is 5.82 Å². The molecule has 0 atom stereocenters. The van der Waals surface area contributed by atoms with Crippen LogP contribution in [0.25, 0.3) is 0 Å². The molecule has 0 bridgehead atoms. The zero-order chi connectivity index (χ0) is 12.5. The third-order valence-corrected chi connectivity index (χ3v) is 4.33. The van der Waals surface area contributed by atoms with E-state index in [4.69, 9.17) is 5.73 Å². The van der Waals surface area contributed by atoms with E-state index in [-0.39, 0.29) is 4.75 Å². The maximum Gasteiger partial charge on any atom is 0.137 e. The Labute approximate surface area is 107 Å². The van der Waals surface area contributed by atoms with E-state index in [1.165, 1.54) is 0 Å². The highest BCUT2D eigenvalue weighted by molar-refractivity contribution is 8.00. The van der Waals surface area contributed by atoms with Gasteiger partial charge in [0.2, 0.25) is 0 Å². The molecule has 2 heterocycles. The molecule has 1 saturated heterocycles. The zero-order valence-electron chi connectivity index (χ0n) is 10.7. The second-order valence-electron chi connectivity index (χ2n) is 4.94. The van der Waals surface area contributed by atoms with Crippen molar-refractivity contribution < 1.29 is 0 Å². The number of anilines is 2. The minimum atomic E-state index is 0.281. The van der Waals surface area contributed by atoms with Crippen LogP contribution in [0, 0.1) is 0 Å². The van der Waals surface area contributed by atoms with Crippen molar-refractivity contribution in [3.8, 4) is 0 Å². The average Bonchev–Trinajstić information content (AvgIpc) is 2.27. The van der Waals surface area contributed by atoms with Gasteiger partial charge in [-0.05, 0) is 20.3 Å². The molecule has 94 valence electrons. The first-order valence-electron chi connectivity index (χ1n) is 6.02. The van der Waals surface area contributed by atoms with Crippen molar-refractivity contribution in [3.63, 3.8) is 0 Å². The van der Waals surface area contributed by atoms with Crippen LogP contribution in [-0.2, 0) is 6.42 Å². The lowest BCUT2D eigenvalue weighted by Gasteiger charge is -2.38. The van der Waals surface area contributed by atoms with Crippen molar-refractivity contribution in [1.29, 1.82) is 0 Å². The normalized spacial score (nSPS) is 19.4. The van der Waals surface area contributed by atoms with Crippen molar-refractivity contribution in [2.45, 2.75) is 31.9 Å². The average molecular weight is 252 g/mol. The summed E-state index contributed by atoms with van der Waals surface area (Å²) in [6.07, 6.45) is 2.45. The Balaban J connectivity index is 2.30. The smallest absolute Gasteiger partial charge is 0.137 e. The summed E-state index contributed by atoms with van der Waals surface area (Å²) in [5.74, 6) is 2.78. The molecule has 0 saturated carbocycles. The Kier molecular flexibility index (Phi) is 3.47. The minimum absolute atomic E-state index is 0.281. The molecule has 0 radical (unpaired) electrons. The molecule has 0 aliphatic carbocycles. The number of rotatable bonds is 2. The summed E-state index contributed by atoms with van der Waals surface area (Å²) in [4.78, 5) is 10.8. The Morgan fingerprint density at radius 2 is 2.24 bits per heavy atom. The quantitative estimate of drug-likeness (QED) is 0.872. The molecule has 0 aromatic carbocycles. The lowest BCUT2D eigenvalue weighted by molar-refractivity contribution is 0.639. The minimum Gasteiger partial charge on any atom is -0.383 e. The fourth-order valence-corrected chi connectivity index (χ4v) is 3.34. The van der Waals surface area contributed by atoms with Crippen LogP contribution in [0.15, 0.2) is 6.33 Å². The summed E-state index contributed by atoms with van der Waals surface area (Å²) >= 11 is 2.02. The Morgan fingerprint density at radius 3 is 2.88 bits per heavy atom. The molecule has 4 nitrogen and oxygen atoms in total. The van der Waals surface area contributed by atoms with Gasteiger partial charge in [-0.25, -0.2) is 9.97 Å². The number of hydrogen-bond donors (Lipinski definition) is 1. The zero-order valence-corrected chi connectivity index (χ0v) is 11.5. The number of thioether (sulfide) groups is 1. The molecule has 5 heteroatoms. The molecule has 0 amide bonds. The second kappa shape index (κ2) is 4.72. The Hall–Kier alpha value is -0.970. The first kappa shape index (κ1) is 12.5. The van der Waals surface area contributed by atoms with Gasteiger partial charge in [-0.15, -0.1) is 0 Å². The van der Waals surface area contributed by atoms with Crippen LogP contribution in [0.1, 0.15) is 26.3 Å².